The Morgan fingerprint density at radius 2 is 2.04 bits per heavy atom. The van der Waals surface area contributed by atoms with Gasteiger partial charge in [-0.3, -0.25) is 4.99 Å². The number of pyridine rings is 1. The van der Waals surface area contributed by atoms with Crippen LogP contribution in [-0.2, 0) is 13.1 Å². The van der Waals surface area contributed by atoms with E-state index in [2.05, 4.69) is 39.0 Å². The van der Waals surface area contributed by atoms with E-state index in [1.165, 1.54) is 22.6 Å². The molecule has 3 aromatic rings. The van der Waals surface area contributed by atoms with Gasteiger partial charge in [0.2, 0.25) is 5.88 Å². The highest BCUT2D eigenvalue weighted by molar-refractivity contribution is 7.10. The third kappa shape index (κ3) is 5.52. The molecule has 0 bridgehead atoms. The Labute approximate surface area is 162 Å². The van der Waals surface area contributed by atoms with Gasteiger partial charge < -0.3 is 15.4 Å². The zero-order valence-electron chi connectivity index (χ0n) is 15.2. The molecule has 0 fully saturated rings. The number of rotatable bonds is 6. The van der Waals surface area contributed by atoms with E-state index in [4.69, 9.17) is 4.74 Å². The number of aromatic nitrogens is 1. The van der Waals surface area contributed by atoms with Crippen molar-refractivity contribution in [2.24, 2.45) is 4.99 Å². The van der Waals surface area contributed by atoms with Crippen LogP contribution in [0.4, 0.5) is 4.39 Å². The second-order valence-corrected chi connectivity index (χ2v) is 6.87. The standard InChI is InChI=1S/C20H21FN4OS/c1-14-8-9-27-18(14)13-25-20(22-2)24-12-15-6-7-19(23-11-15)26-17-5-3-4-16(21)10-17/h3-11H,12-13H2,1-2H3,(H2,22,24,25). The van der Waals surface area contributed by atoms with Crippen LogP contribution in [0.3, 0.4) is 0 Å². The summed E-state index contributed by atoms with van der Waals surface area (Å²) < 4.78 is 18.7. The zero-order chi connectivity index (χ0) is 19.1. The first-order chi connectivity index (χ1) is 13.1. The molecule has 0 aliphatic heterocycles. The Kier molecular flexibility index (Phi) is 6.38. The van der Waals surface area contributed by atoms with E-state index in [0.29, 0.717) is 18.2 Å². The van der Waals surface area contributed by atoms with Crippen LogP contribution < -0.4 is 15.4 Å². The molecule has 0 radical (unpaired) electrons. The van der Waals surface area contributed by atoms with Crippen molar-refractivity contribution in [1.82, 2.24) is 15.6 Å². The SMILES string of the molecule is CN=C(NCc1ccc(Oc2cccc(F)c2)nc1)NCc1sccc1C. The maximum Gasteiger partial charge on any atom is 0.219 e. The van der Waals surface area contributed by atoms with Gasteiger partial charge in [0.15, 0.2) is 5.96 Å². The molecule has 0 aliphatic rings. The average Bonchev–Trinajstić information content (AvgIpc) is 3.08. The van der Waals surface area contributed by atoms with Gasteiger partial charge in [-0.2, -0.15) is 0 Å². The number of hydrogen-bond donors (Lipinski definition) is 2. The van der Waals surface area contributed by atoms with Gasteiger partial charge in [-0.25, -0.2) is 9.37 Å². The number of aryl methyl sites for hydroxylation is 1. The van der Waals surface area contributed by atoms with Crippen LogP contribution in [0, 0.1) is 12.7 Å². The monoisotopic (exact) mass is 384 g/mol. The van der Waals surface area contributed by atoms with E-state index in [1.54, 1.807) is 42.8 Å². The summed E-state index contributed by atoms with van der Waals surface area (Å²) in [4.78, 5) is 9.78. The summed E-state index contributed by atoms with van der Waals surface area (Å²) in [5.74, 6) is 1.22. The van der Waals surface area contributed by atoms with Crippen LogP contribution in [0.5, 0.6) is 11.6 Å². The first-order valence-electron chi connectivity index (χ1n) is 8.50. The molecule has 5 nitrogen and oxygen atoms in total. The molecular formula is C20H21FN4OS. The van der Waals surface area contributed by atoms with E-state index in [1.807, 2.05) is 6.07 Å². The fraction of sp³-hybridized carbons (Fsp3) is 0.200. The van der Waals surface area contributed by atoms with Crippen LogP contribution in [0.15, 0.2) is 59.0 Å². The van der Waals surface area contributed by atoms with Crippen molar-refractivity contribution in [1.29, 1.82) is 0 Å². The maximum absolute atomic E-state index is 13.2. The molecular weight excluding hydrogens is 363 g/mol. The normalized spacial score (nSPS) is 11.3. The largest absolute Gasteiger partial charge is 0.439 e. The van der Waals surface area contributed by atoms with E-state index in [0.717, 1.165) is 18.1 Å². The van der Waals surface area contributed by atoms with E-state index in [-0.39, 0.29) is 5.82 Å². The number of thiophene rings is 1. The Morgan fingerprint density at radius 1 is 1.19 bits per heavy atom. The highest BCUT2D eigenvalue weighted by Crippen LogP contribution is 2.20. The molecule has 2 heterocycles. The minimum Gasteiger partial charge on any atom is -0.439 e. The topological polar surface area (TPSA) is 58.5 Å². The van der Waals surface area contributed by atoms with Gasteiger partial charge in [-0.15, -0.1) is 11.3 Å². The summed E-state index contributed by atoms with van der Waals surface area (Å²) in [6, 6.07) is 11.7. The summed E-state index contributed by atoms with van der Waals surface area (Å²) in [5, 5.41) is 8.64. The van der Waals surface area contributed by atoms with Gasteiger partial charge in [0.05, 0.1) is 6.54 Å². The van der Waals surface area contributed by atoms with E-state index >= 15 is 0 Å². The van der Waals surface area contributed by atoms with Crippen molar-refractivity contribution < 1.29 is 9.13 Å². The van der Waals surface area contributed by atoms with E-state index in [9.17, 15) is 4.39 Å². The molecule has 27 heavy (non-hydrogen) atoms. The molecule has 0 unspecified atom stereocenters. The van der Waals surface area contributed by atoms with Crippen molar-refractivity contribution in [2.45, 2.75) is 20.0 Å². The molecule has 7 heteroatoms. The second kappa shape index (κ2) is 9.14. The van der Waals surface area contributed by atoms with E-state index < -0.39 is 0 Å². The highest BCUT2D eigenvalue weighted by atomic mass is 32.1. The molecule has 2 aromatic heterocycles. The molecule has 3 rings (SSSR count). The number of guanidine groups is 1. The summed E-state index contributed by atoms with van der Waals surface area (Å²) in [5.41, 5.74) is 2.26. The van der Waals surface area contributed by atoms with Crippen LogP contribution in [0.2, 0.25) is 0 Å². The Bertz CT molecular complexity index is 908. The lowest BCUT2D eigenvalue weighted by molar-refractivity contribution is 0.457. The van der Waals surface area contributed by atoms with Gasteiger partial charge in [0.25, 0.3) is 0 Å². The number of ether oxygens (including phenoxy) is 1. The van der Waals surface area contributed by atoms with Crippen LogP contribution in [0.25, 0.3) is 0 Å². The minimum atomic E-state index is -0.343. The van der Waals surface area contributed by atoms with Crippen LogP contribution >= 0.6 is 11.3 Å². The van der Waals surface area contributed by atoms with Gasteiger partial charge in [-0.05, 0) is 41.6 Å². The lowest BCUT2D eigenvalue weighted by atomic mass is 10.3. The molecule has 2 N–H and O–H groups in total. The Hall–Kier alpha value is -2.93. The summed E-state index contributed by atoms with van der Waals surface area (Å²) in [6.45, 7) is 3.42. The van der Waals surface area contributed by atoms with Crippen LogP contribution in [0.1, 0.15) is 16.0 Å². The lowest BCUT2D eigenvalue weighted by Gasteiger charge is -2.12. The Morgan fingerprint density at radius 3 is 2.70 bits per heavy atom. The quantitative estimate of drug-likeness (QED) is 0.493. The highest BCUT2D eigenvalue weighted by Gasteiger charge is 2.04. The predicted octanol–water partition coefficient (Wildman–Crippen LogP) is 4.25. The summed E-state index contributed by atoms with van der Waals surface area (Å²) in [6.07, 6.45) is 1.72. The number of nitrogens with one attached hydrogen (secondary N) is 2. The average molecular weight is 384 g/mol. The van der Waals surface area contributed by atoms with Crippen molar-refractivity contribution in [3.8, 4) is 11.6 Å². The zero-order valence-corrected chi connectivity index (χ0v) is 16.0. The number of hydrogen-bond acceptors (Lipinski definition) is 4. The molecule has 0 spiro atoms. The number of nitrogens with zero attached hydrogens (tertiary/aromatic N) is 2. The fourth-order valence-electron chi connectivity index (χ4n) is 2.38. The van der Waals surface area contributed by atoms with Crippen molar-refractivity contribution in [3.05, 3.63) is 75.9 Å². The minimum absolute atomic E-state index is 0.343. The molecule has 0 amide bonds. The molecule has 0 aliphatic carbocycles. The van der Waals surface area contributed by atoms with Crippen molar-refractivity contribution in [3.63, 3.8) is 0 Å². The molecule has 0 saturated heterocycles. The van der Waals surface area contributed by atoms with Gasteiger partial charge in [0, 0.05) is 36.8 Å². The fourth-order valence-corrected chi connectivity index (χ4v) is 3.23. The molecule has 0 atom stereocenters. The predicted molar refractivity (Wildman–Crippen MR) is 107 cm³/mol. The first kappa shape index (κ1) is 18.8. The van der Waals surface area contributed by atoms with Gasteiger partial charge in [-0.1, -0.05) is 12.1 Å². The lowest BCUT2D eigenvalue weighted by Crippen LogP contribution is -2.36. The molecule has 140 valence electrons. The van der Waals surface area contributed by atoms with Crippen molar-refractivity contribution >= 4 is 17.3 Å². The first-order valence-corrected chi connectivity index (χ1v) is 9.38. The third-order valence-corrected chi connectivity index (χ3v) is 4.91. The Balaban J connectivity index is 1.50. The maximum atomic E-state index is 13.2. The smallest absolute Gasteiger partial charge is 0.219 e. The molecule has 1 aromatic carbocycles. The summed E-state index contributed by atoms with van der Waals surface area (Å²) in [7, 11) is 1.74. The second-order valence-electron chi connectivity index (χ2n) is 5.87. The van der Waals surface area contributed by atoms with Gasteiger partial charge in [0.1, 0.15) is 11.6 Å². The molecule has 0 saturated carbocycles. The third-order valence-electron chi connectivity index (χ3n) is 3.88. The van der Waals surface area contributed by atoms with Gasteiger partial charge >= 0.3 is 0 Å². The van der Waals surface area contributed by atoms with Crippen molar-refractivity contribution in [2.75, 3.05) is 7.05 Å². The van der Waals surface area contributed by atoms with Crippen LogP contribution in [-0.4, -0.2) is 18.0 Å². The summed E-state index contributed by atoms with van der Waals surface area (Å²) >= 11 is 1.73. The number of benzene rings is 1. The number of aliphatic imine (C=N–C) groups is 1. The number of halogens is 1.